The molecule has 0 aliphatic rings. The van der Waals surface area contributed by atoms with Gasteiger partial charge in [-0.1, -0.05) is 158 Å². The van der Waals surface area contributed by atoms with Gasteiger partial charge in [-0.25, -0.2) is 19.9 Å². The summed E-state index contributed by atoms with van der Waals surface area (Å²) in [6, 6.07) is 93.9. The first-order valence-electron chi connectivity index (χ1n) is 30.0. The highest BCUT2D eigenvalue weighted by molar-refractivity contribution is 5.84. The van der Waals surface area contributed by atoms with Crippen LogP contribution in [0.5, 0.6) is 0 Å². The van der Waals surface area contributed by atoms with Gasteiger partial charge in [0.2, 0.25) is 0 Å². The molecular weight excluding hydrogens is 1100 g/mol. The minimum Gasteiger partial charge on any atom is -0.399 e. The third-order valence-corrected chi connectivity index (χ3v) is 15.8. The fourth-order valence-corrected chi connectivity index (χ4v) is 11.1. The van der Waals surface area contributed by atoms with Crippen LogP contribution in [0.4, 0.5) is 39.8 Å². The molecule has 440 valence electrons. The minimum atomic E-state index is 0.668. The Balaban J connectivity index is 0.000000175. The number of nitrogens with zero attached hydrogens (tertiary/aromatic N) is 4. The summed E-state index contributed by atoms with van der Waals surface area (Å²) in [5.74, 6) is 1.35. The van der Waals surface area contributed by atoms with E-state index in [0.717, 1.165) is 146 Å². The number of hydrogen-bond acceptors (Lipinski definition) is 11. The number of benzene rings is 11. The summed E-state index contributed by atoms with van der Waals surface area (Å²) in [4.78, 5) is 20.4. The Morgan fingerprint density at radius 2 is 0.478 bits per heavy atom. The van der Waals surface area contributed by atoms with E-state index in [1.807, 2.05) is 95.9 Å². The van der Waals surface area contributed by atoms with Gasteiger partial charge in [0.05, 0.1) is 22.8 Å². The number of nitrogen functional groups attached to an aromatic ring is 2. The fraction of sp³-hybridized carbons (Fsp3) is 0.0633. The lowest BCUT2D eigenvalue weighted by Gasteiger charge is -2.13. The fourth-order valence-electron chi connectivity index (χ4n) is 11.1. The van der Waals surface area contributed by atoms with Gasteiger partial charge in [0.25, 0.3) is 0 Å². The van der Waals surface area contributed by atoms with Gasteiger partial charge >= 0.3 is 0 Å². The van der Waals surface area contributed by atoms with Gasteiger partial charge in [0.15, 0.2) is 11.6 Å². The number of nitrogens with two attached hydrogens (primary N) is 2. The zero-order chi connectivity index (χ0) is 61.9. The number of nitrogens with one attached hydrogen (secondary N) is 5. The monoisotopic (exact) mass is 1170 g/mol. The topological polar surface area (TPSA) is 164 Å². The number of rotatable bonds is 16. The average Bonchev–Trinajstić information content (AvgIpc) is 1.44. The lowest BCUT2D eigenvalue weighted by atomic mass is 9.98. The van der Waals surface area contributed by atoms with Gasteiger partial charge in [0, 0.05) is 108 Å². The van der Waals surface area contributed by atoms with E-state index < -0.39 is 0 Å². The molecule has 2 aromatic heterocycles. The molecule has 0 spiro atoms. The Kier molecular flexibility index (Phi) is 17.5. The second-order valence-corrected chi connectivity index (χ2v) is 21.9. The highest BCUT2D eigenvalue weighted by Gasteiger charge is 2.17. The highest BCUT2D eigenvalue weighted by atomic mass is 14.9. The van der Waals surface area contributed by atoms with E-state index in [1.165, 1.54) is 0 Å². The van der Waals surface area contributed by atoms with Crippen molar-refractivity contribution in [1.82, 2.24) is 19.9 Å². The van der Waals surface area contributed by atoms with Crippen LogP contribution < -0.4 is 38.1 Å². The Labute approximate surface area is 526 Å². The van der Waals surface area contributed by atoms with Crippen LogP contribution in [0.15, 0.2) is 273 Å². The number of aromatic nitrogens is 4. The van der Waals surface area contributed by atoms with Crippen LogP contribution in [0.2, 0.25) is 0 Å². The molecular formula is C79H69N11. The van der Waals surface area contributed by atoms with E-state index in [0.29, 0.717) is 17.3 Å². The van der Waals surface area contributed by atoms with Crippen molar-refractivity contribution >= 4 is 39.8 Å². The minimum absolute atomic E-state index is 0.668. The quantitative estimate of drug-likeness (QED) is 0.0461. The molecule has 0 saturated heterocycles. The standard InChI is InChI=1S/C42H35N5.C37H34N6/c1-44-38-19-7-13-32(25-38)29-10-4-16-35(22-29)41-27-40(34-15-3-9-28(21-34)31-12-6-18-37(43)24-31)46-42(47-41)36-17-5-11-30(23-36)33-14-8-20-39(26-33)45-2;1-39-32-18-29(17-31(38)21-32)25-11-7-13-27(15-25)35-23-36(43-37(42-35)24-9-5-4-6-10-24)28-14-8-12-26(16-28)30-19-33(40-2)22-34(20-30)41-3/h3-27,44-45H,43H2,1-2H3;4-23,39-41H,38H2,1-3H3. The normalized spacial score (nSPS) is 10.8. The van der Waals surface area contributed by atoms with Crippen LogP contribution >= 0.6 is 0 Å². The Morgan fingerprint density at radius 3 is 0.889 bits per heavy atom. The van der Waals surface area contributed by atoms with Crippen molar-refractivity contribution in [3.05, 3.63) is 273 Å². The van der Waals surface area contributed by atoms with Crippen LogP contribution in [0.25, 0.3) is 123 Å². The molecule has 0 atom stereocenters. The second kappa shape index (κ2) is 26.8. The highest BCUT2D eigenvalue weighted by Crippen LogP contribution is 2.37. The van der Waals surface area contributed by atoms with Gasteiger partial charge in [-0.05, 0) is 171 Å². The van der Waals surface area contributed by atoms with Crippen molar-refractivity contribution in [2.24, 2.45) is 0 Å². The van der Waals surface area contributed by atoms with E-state index >= 15 is 0 Å². The largest absolute Gasteiger partial charge is 0.399 e. The van der Waals surface area contributed by atoms with Crippen molar-refractivity contribution in [3.63, 3.8) is 0 Å². The van der Waals surface area contributed by atoms with E-state index in [-0.39, 0.29) is 0 Å². The third-order valence-electron chi connectivity index (χ3n) is 15.8. The maximum Gasteiger partial charge on any atom is 0.160 e. The molecule has 0 bridgehead atoms. The van der Waals surface area contributed by atoms with Gasteiger partial charge in [-0.3, -0.25) is 0 Å². The van der Waals surface area contributed by atoms with E-state index in [9.17, 15) is 0 Å². The molecule has 11 nitrogen and oxygen atoms in total. The number of anilines is 7. The first-order chi connectivity index (χ1) is 44.1. The maximum atomic E-state index is 6.21. The van der Waals surface area contributed by atoms with Crippen molar-refractivity contribution in [1.29, 1.82) is 0 Å². The molecule has 11 aromatic carbocycles. The zero-order valence-electron chi connectivity index (χ0n) is 50.9. The Bertz CT molecular complexity index is 4560. The van der Waals surface area contributed by atoms with Crippen molar-refractivity contribution in [2.75, 3.05) is 73.3 Å². The second-order valence-electron chi connectivity index (χ2n) is 21.9. The summed E-state index contributed by atoms with van der Waals surface area (Å²) < 4.78 is 0. The zero-order valence-corrected chi connectivity index (χ0v) is 50.9. The van der Waals surface area contributed by atoms with Gasteiger partial charge in [-0.15, -0.1) is 0 Å². The smallest absolute Gasteiger partial charge is 0.160 e. The van der Waals surface area contributed by atoms with Gasteiger partial charge in [0.1, 0.15) is 0 Å². The molecule has 9 N–H and O–H groups in total. The third kappa shape index (κ3) is 13.6. The molecule has 0 radical (unpaired) electrons. The van der Waals surface area contributed by atoms with E-state index in [4.69, 9.17) is 31.4 Å². The van der Waals surface area contributed by atoms with Crippen LogP contribution in [-0.4, -0.2) is 55.2 Å². The number of hydrogen-bond donors (Lipinski definition) is 7. The lowest BCUT2D eigenvalue weighted by Crippen LogP contribution is -1.97. The molecule has 0 unspecified atom stereocenters. The predicted molar refractivity (Wildman–Crippen MR) is 380 cm³/mol. The lowest BCUT2D eigenvalue weighted by molar-refractivity contribution is 1.18. The van der Waals surface area contributed by atoms with Crippen molar-refractivity contribution < 1.29 is 0 Å². The average molecular weight is 1170 g/mol. The predicted octanol–water partition coefficient (Wildman–Crippen LogP) is 18.7. The molecule has 2 heterocycles. The Hall–Kier alpha value is -11.8. The first-order valence-corrected chi connectivity index (χ1v) is 30.0. The van der Waals surface area contributed by atoms with Crippen molar-refractivity contribution in [2.45, 2.75) is 0 Å². The molecule has 0 saturated carbocycles. The van der Waals surface area contributed by atoms with Crippen LogP contribution in [0, 0.1) is 0 Å². The summed E-state index contributed by atoms with van der Waals surface area (Å²) in [5, 5.41) is 16.2. The SMILES string of the molecule is CNc1cc(N)cc(-c2cccc(-c3cc(-c4cccc(-c5cc(NC)cc(NC)c5)c4)nc(-c4ccccc4)n3)c2)c1.CNc1cccc(-c2cccc(-c3cc(-c4cccc(-c5cccc(N)c5)c4)nc(-c4cccc(-c5cccc(NC)c5)c4)n3)c2)c1. The van der Waals surface area contributed by atoms with E-state index in [2.05, 4.69) is 239 Å². The molecule has 13 aromatic rings. The molecule has 11 heteroatoms. The molecule has 0 aliphatic heterocycles. The maximum absolute atomic E-state index is 6.21. The van der Waals surface area contributed by atoms with Crippen LogP contribution in [-0.2, 0) is 0 Å². The van der Waals surface area contributed by atoms with E-state index in [1.54, 1.807) is 0 Å². The van der Waals surface area contributed by atoms with Crippen LogP contribution in [0.3, 0.4) is 0 Å². The molecule has 0 aliphatic carbocycles. The van der Waals surface area contributed by atoms with Crippen LogP contribution in [0.1, 0.15) is 0 Å². The molecule has 13 rings (SSSR count). The first kappa shape index (κ1) is 58.6. The summed E-state index contributed by atoms with van der Waals surface area (Å²) >= 11 is 0. The Morgan fingerprint density at radius 1 is 0.200 bits per heavy atom. The molecule has 0 amide bonds. The van der Waals surface area contributed by atoms with Crippen molar-refractivity contribution in [3.8, 4) is 123 Å². The summed E-state index contributed by atoms with van der Waals surface area (Å²) in [6.07, 6.45) is 0. The summed E-state index contributed by atoms with van der Waals surface area (Å²) in [6.45, 7) is 0. The van der Waals surface area contributed by atoms with Gasteiger partial charge in [-0.2, -0.15) is 0 Å². The van der Waals surface area contributed by atoms with Gasteiger partial charge < -0.3 is 38.1 Å². The molecule has 0 fully saturated rings. The summed E-state index contributed by atoms with van der Waals surface area (Å²) in [7, 11) is 9.64. The summed E-state index contributed by atoms with van der Waals surface area (Å²) in [5.41, 5.74) is 39.3. The molecule has 90 heavy (non-hydrogen) atoms.